The molecule has 192 valence electrons. The standard InChI is InChI=1S/C32H34O5/c1-6-19-7-9-21(10-8-19)30(35)36-22-13-11-20(12-14-22)27-28-23(33)15-31(2,3)17-25(28)37-26-18-32(4,5)16-24(34)29(26)27/h7-14,27H,6,15-18H2,1-5H3. The quantitative estimate of drug-likeness (QED) is 0.340. The second kappa shape index (κ2) is 9.13. The minimum absolute atomic E-state index is 0.0338. The van der Waals surface area contributed by atoms with E-state index in [0.717, 1.165) is 17.5 Å². The number of aryl methyl sites for hydroxylation is 1. The molecule has 0 N–H and O–H groups in total. The molecular formula is C32H34O5. The lowest BCUT2D eigenvalue weighted by atomic mass is 9.65. The molecule has 0 atom stereocenters. The van der Waals surface area contributed by atoms with Crippen LogP contribution in [0.2, 0.25) is 0 Å². The summed E-state index contributed by atoms with van der Waals surface area (Å²) in [6, 6.07) is 14.6. The monoisotopic (exact) mass is 498 g/mol. The van der Waals surface area contributed by atoms with Crippen molar-refractivity contribution in [1.82, 2.24) is 0 Å². The Bertz CT molecular complexity index is 1280. The van der Waals surface area contributed by atoms with Crippen LogP contribution in [-0.4, -0.2) is 17.5 Å². The van der Waals surface area contributed by atoms with Gasteiger partial charge in [0.05, 0.1) is 5.56 Å². The molecule has 0 saturated heterocycles. The predicted molar refractivity (Wildman–Crippen MR) is 141 cm³/mol. The van der Waals surface area contributed by atoms with E-state index in [9.17, 15) is 14.4 Å². The number of carbonyl (C=O) groups excluding carboxylic acids is 3. The maximum absolute atomic E-state index is 13.4. The first kappa shape index (κ1) is 25.2. The van der Waals surface area contributed by atoms with E-state index >= 15 is 0 Å². The third kappa shape index (κ3) is 4.92. The number of esters is 1. The zero-order valence-corrected chi connectivity index (χ0v) is 22.3. The molecule has 3 aliphatic rings. The van der Waals surface area contributed by atoms with E-state index in [4.69, 9.17) is 9.47 Å². The van der Waals surface area contributed by atoms with Crippen molar-refractivity contribution in [2.24, 2.45) is 10.8 Å². The SMILES string of the molecule is CCc1ccc(C(=O)Oc2ccc(C3C4=C(CC(C)(C)CC4=O)OC4=C3C(=O)CC(C)(C)C4)cc2)cc1. The van der Waals surface area contributed by atoms with Crippen LogP contribution < -0.4 is 4.74 Å². The van der Waals surface area contributed by atoms with Gasteiger partial charge in [0.1, 0.15) is 17.3 Å². The Hall–Kier alpha value is -3.47. The van der Waals surface area contributed by atoms with Crippen LogP contribution in [0, 0.1) is 10.8 Å². The number of hydrogen-bond acceptors (Lipinski definition) is 5. The molecule has 2 aromatic carbocycles. The number of allylic oxidation sites excluding steroid dienone is 4. The Labute approximate surface area is 218 Å². The van der Waals surface area contributed by atoms with Crippen molar-refractivity contribution in [2.75, 3.05) is 0 Å². The predicted octanol–water partition coefficient (Wildman–Crippen LogP) is 6.87. The van der Waals surface area contributed by atoms with Crippen LogP contribution in [0.3, 0.4) is 0 Å². The van der Waals surface area contributed by atoms with Crippen LogP contribution >= 0.6 is 0 Å². The fourth-order valence-electron chi connectivity index (χ4n) is 5.78. The van der Waals surface area contributed by atoms with E-state index in [0.29, 0.717) is 59.7 Å². The molecule has 2 aliphatic carbocycles. The number of carbonyl (C=O) groups is 3. The van der Waals surface area contributed by atoms with E-state index < -0.39 is 11.9 Å². The van der Waals surface area contributed by atoms with Gasteiger partial charge in [0.2, 0.25) is 0 Å². The van der Waals surface area contributed by atoms with Crippen molar-refractivity contribution in [3.8, 4) is 5.75 Å². The summed E-state index contributed by atoms with van der Waals surface area (Å²) >= 11 is 0. The lowest BCUT2D eigenvalue weighted by Crippen LogP contribution is -2.37. The van der Waals surface area contributed by atoms with Crippen molar-refractivity contribution < 1.29 is 23.9 Å². The van der Waals surface area contributed by atoms with Gasteiger partial charge in [0.25, 0.3) is 0 Å². The Morgan fingerprint density at radius 2 is 1.32 bits per heavy atom. The minimum Gasteiger partial charge on any atom is -0.465 e. The molecule has 0 unspecified atom stereocenters. The summed E-state index contributed by atoms with van der Waals surface area (Å²) in [5.74, 6) is 0.986. The maximum atomic E-state index is 13.4. The third-order valence-electron chi connectivity index (χ3n) is 7.60. The van der Waals surface area contributed by atoms with Crippen LogP contribution in [0.25, 0.3) is 0 Å². The largest absolute Gasteiger partial charge is 0.465 e. The molecule has 0 radical (unpaired) electrons. The van der Waals surface area contributed by atoms with Crippen molar-refractivity contribution in [3.05, 3.63) is 87.9 Å². The lowest BCUT2D eigenvalue weighted by molar-refractivity contribution is -0.120. The summed E-state index contributed by atoms with van der Waals surface area (Å²) in [5.41, 5.74) is 3.29. The van der Waals surface area contributed by atoms with Crippen molar-refractivity contribution in [1.29, 1.82) is 0 Å². The molecule has 0 amide bonds. The van der Waals surface area contributed by atoms with Gasteiger partial charge in [-0.15, -0.1) is 0 Å². The van der Waals surface area contributed by atoms with Gasteiger partial charge < -0.3 is 9.47 Å². The Balaban J connectivity index is 1.48. The topological polar surface area (TPSA) is 69.7 Å². The zero-order valence-electron chi connectivity index (χ0n) is 22.3. The highest BCUT2D eigenvalue weighted by Gasteiger charge is 2.47. The molecule has 0 saturated carbocycles. The number of Topliss-reactive ketones (excluding diaryl/α,β-unsaturated/α-hetero) is 2. The fraction of sp³-hybridized carbons (Fsp3) is 0.406. The van der Waals surface area contributed by atoms with E-state index in [2.05, 4.69) is 34.6 Å². The van der Waals surface area contributed by atoms with Crippen molar-refractivity contribution in [2.45, 2.75) is 72.6 Å². The molecule has 0 fully saturated rings. The third-order valence-corrected chi connectivity index (χ3v) is 7.60. The van der Waals surface area contributed by atoms with Crippen LogP contribution in [0.15, 0.2) is 71.2 Å². The van der Waals surface area contributed by atoms with Crippen molar-refractivity contribution >= 4 is 17.5 Å². The molecule has 37 heavy (non-hydrogen) atoms. The molecule has 2 aromatic rings. The number of hydrogen-bond donors (Lipinski definition) is 0. The second-order valence-electron chi connectivity index (χ2n) is 12.1. The first-order chi connectivity index (χ1) is 17.5. The Morgan fingerprint density at radius 1 is 0.811 bits per heavy atom. The number of benzene rings is 2. The summed E-state index contributed by atoms with van der Waals surface area (Å²) in [7, 11) is 0. The number of rotatable bonds is 4. The van der Waals surface area contributed by atoms with Crippen LogP contribution in [0.5, 0.6) is 5.75 Å². The molecule has 0 aromatic heterocycles. The van der Waals surface area contributed by atoms with E-state index in [1.54, 1.807) is 24.3 Å². The molecule has 5 rings (SSSR count). The van der Waals surface area contributed by atoms with Gasteiger partial charge in [-0.2, -0.15) is 0 Å². The van der Waals surface area contributed by atoms with Crippen LogP contribution in [0.1, 0.15) is 87.7 Å². The Morgan fingerprint density at radius 3 is 1.81 bits per heavy atom. The molecule has 5 nitrogen and oxygen atoms in total. The highest BCUT2D eigenvalue weighted by molar-refractivity contribution is 6.06. The molecule has 0 bridgehead atoms. The molecule has 5 heteroatoms. The smallest absolute Gasteiger partial charge is 0.343 e. The first-order valence-electron chi connectivity index (χ1n) is 13.1. The van der Waals surface area contributed by atoms with Gasteiger partial charge in [-0.3, -0.25) is 9.59 Å². The van der Waals surface area contributed by atoms with Gasteiger partial charge >= 0.3 is 5.97 Å². The summed E-state index contributed by atoms with van der Waals surface area (Å²) in [6.07, 6.45) is 3.05. The zero-order chi connectivity index (χ0) is 26.5. The molecule has 1 heterocycles. The van der Waals surface area contributed by atoms with E-state index in [1.807, 2.05) is 24.3 Å². The number of ketones is 2. The summed E-state index contributed by atoms with van der Waals surface area (Å²) in [6.45, 7) is 10.4. The fourth-order valence-corrected chi connectivity index (χ4v) is 5.78. The normalized spacial score (nSPS) is 20.8. The maximum Gasteiger partial charge on any atom is 0.343 e. The average Bonchev–Trinajstić information content (AvgIpc) is 2.81. The summed E-state index contributed by atoms with van der Waals surface area (Å²) in [4.78, 5) is 39.5. The van der Waals surface area contributed by atoms with Crippen LogP contribution in [0.4, 0.5) is 0 Å². The van der Waals surface area contributed by atoms with Gasteiger partial charge in [-0.1, -0.05) is 58.9 Å². The van der Waals surface area contributed by atoms with Crippen molar-refractivity contribution in [3.63, 3.8) is 0 Å². The van der Waals surface area contributed by atoms with Gasteiger partial charge in [0, 0.05) is 42.7 Å². The molecule has 0 spiro atoms. The summed E-state index contributed by atoms with van der Waals surface area (Å²) in [5, 5.41) is 0. The van der Waals surface area contributed by atoms with E-state index in [1.165, 1.54) is 0 Å². The molecule has 1 aliphatic heterocycles. The second-order valence-corrected chi connectivity index (χ2v) is 12.1. The lowest BCUT2D eigenvalue weighted by Gasteiger charge is -2.42. The van der Waals surface area contributed by atoms with E-state index in [-0.39, 0.29) is 22.4 Å². The first-order valence-corrected chi connectivity index (χ1v) is 13.1. The van der Waals surface area contributed by atoms with Gasteiger partial charge in [-0.05, 0) is 52.6 Å². The molecular weight excluding hydrogens is 464 g/mol. The highest BCUT2D eigenvalue weighted by Crippen LogP contribution is 2.53. The minimum atomic E-state index is -0.461. The number of ether oxygens (including phenoxy) is 2. The summed E-state index contributed by atoms with van der Waals surface area (Å²) < 4.78 is 12.0. The average molecular weight is 499 g/mol. The Kier molecular flexibility index (Phi) is 6.21. The van der Waals surface area contributed by atoms with Gasteiger partial charge in [0.15, 0.2) is 11.6 Å². The van der Waals surface area contributed by atoms with Crippen LogP contribution in [-0.2, 0) is 20.7 Å². The van der Waals surface area contributed by atoms with Gasteiger partial charge in [-0.25, -0.2) is 4.79 Å². The highest BCUT2D eigenvalue weighted by atomic mass is 16.5.